The van der Waals surface area contributed by atoms with E-state index >= 15 is 0 Å². The minimum Gasteiger partial charge on any atom is -0.324 e. The van der Waals surface area contributed by atoms with Gasteiger partial charge in [0.25, 0.3) is 0 Å². The van der Waals surface area contributed by atoms with E-state index in [0.717, 1.165) is 11.8 Å². The molecule has 1 aromatic carbocycles. The maximum absolute atomic E-state index is 13.5. The first-order chi connectivity index (χ1) is 8.58. The molecule has 5 heteroatoms. The van der Waals surface area contributed by atoms with E-state index in [4.69, 9.17) is 5.73 Å². The maximum Gasteiger partial charge on any atom is 0.130 e. The van der Waals surface area contributed by atoms with Crippen molar-refractivity contribution in [3.63, 3.8) is 0 Å². The number of halogens is 2. The lowest BCUT2D eigenvalue weighted by Gasteiger charge is -2.13. The Balaban J connectivity index is 2.03. The van der Waals surface area contributed by atoms with Gasteiger partial charge in [0, 0.05) is 36.6 Å². The molecule has 1 unspecified atom stereocenters. The van der Waals surface area contributed by atoms with Crippen molar-refractivity contribution in [1.29, 1.82) is 0 Å². The molecule has 18 heavy (non-hydrogen) atoms. The molecule has 2 aromatic rings. The first kappa shape index (κ1) is 12.7. The summed E-state index contributed by atoms with van der Waals surface area (Å²) in [6.07, 6.45) is 3.00. The third kappa shape index (κ3) is 2.73. The fraction of sp³-hybridized carbons (Fsp3) is 0.308. The van der Waals surface area contributed by atoms with E-state index in [1.54, 1.807) is 10.9 Å². The smallest absolute Gasteiger partial charge is 0.130 e. The van der Waals surface area contributed by atoms with Gasteiger partial charge in [-0.25, -0.2) is 8.78 Å². The summed E-state index contributed by atoms with van der Waals surface area (Å²) in [4.78, 5) is 0. The van der Waals surface area contributed by atoms with Crippen molar-refractivity contribution < 1.29 is 8.78 Å². The third-order valence-corrected chi connectivity index (χ3v) is 3.00. The maximum atomic E-state index is 13.5. The molecule has 3 nitrogen and oxygen atoms in total. The van der Waals surface area contributed by atoms with Crippen LogP contribution in [0.4, 0.5) is 8.78 Å². The Kier molecular flexibility index (Phi) is 3.72. The van der Waals surface area contributed by atoms with E-state index in [-0.39, 0.29) is 0 Å². The predicted octanol–water partition coefficient (Wildman–Crippen LogP) is 2.33. The van der Waals surface area contributed by atoms with Crippen molar-refractivity contribution in [2.75, 3.05) is 0 Å². The van der Waals surface area contributed by atoms with Crippen LogP contribution in [0.25, 0.3) is 0 Å². The van der Waals surface area contributed by atoms with E-state index in [2.05, 4.69) is 5.10 Å². The molecule has 0 bridgehead atoms. The predicted molar refractivity (Wildman–Crippen MR) is 64.8 cm³/mol. The lowest BCUT2D eigenvalue weighted by atomic mass is 10.0. The van der Waals surface area contributed by atoms with Crippen LogP contribution in [0.5, 0.6) is 0 Å². The minimum atomic E-state index is -0.590. The highest BCUT2D eigenvalue weighted by Crippen LogP contribution is 2.20. The second kappa shape index (κ2) is 5.27. The number of aromatic nitrogens is 2. The zero-order valence-electron chi connectivity index (χ0n) is 10.1. The summed E-state index contributed by atoms with van der Waals surface area (Å²) in [6.45, 7) is 0. The Bertz CT molecular complexity index is 537. The summed E-state index contributed by atoms with van der Waals surface area (Å²) in [5.41, 5.74) is 7.30. The molecule has 2 rings (SSSR count). The first-order valence-electron chi connectivity index (χ1n) is 5.75. The van der Waals surface area contributed by atoms with Crippen molar-refractivity contribution in [3.8, 4) is 0 Å². The topological polar surface area (TPSA) is 43.8 Å². The fourth-order valence-electron chi connectivity index (χ4n) is 1.91. The van der Waals surface area contributed by atoms with E-state index < -0.39 is 17.7 Å². The van der Waals surface area contributed by atoms with Gasteiger partial charge in [-0.1, -0.05) is 6.07 Å². The van der Waals surface area contributed by atoms with Crippen molar-refractivity contribution >= 4 is 0 Å². The van der Waals surface area contributed by atoms with Crippen molar-refractivity contribution in [1.82, 2.24) is 9.78 Å². The van der Waals surface area contributed by atoms with Crippen molar-refractivity contribution in [2.45, 2.75) is 18.9 Å². The van der Waals surface area contributed by atoms with Gasteiger partial charge in [0.2, 0.25) is 0 Å². The highest BCUT2D eigenvalue weighted by Gasteiger charge is 2.13. The van der Waals surface area contributed by atoms with Gasteiger partial charge < -0.3 is 5.73 Å². The SMILES string of the molecule is Cn1nccc1CCC(N)c1ccc(F)cc1F. The Morgan fingerprint density at radius 1 is 1.33 bits per heavy atom. The average Bonchev–Trinajstić information content (AvgIpc) is 2.72. The Morgan fingerprint density at radius 2 is 2.11 bits per heavy atom. The summed E-state index contributed by atoms with van der Waals surface area (Å²) in [7, 11) is 1.85. The number of benzene rings is 1. The lowest BCUT2D eigenvalue weighted by molar-refractivity contribution is 0.539. The second-order valence-corrected chi connectivity index (χ2v) is 4.26. The number of hydrogen-bond donors (Lipinski definition) is 1. The largest absolute Gasteiger partial charge is 0.324 e. The Morgan fingerprint density at radius 3 is 2.72 bits per heavy atom. The number of hydrogen-bond acceptors (Lipinski definition) is 2. The standard InChI is InChI=1S/C13H15F2N3/c1-18-10(6-7-17-18)3-5-13(16)11-4-2-9(14)8-12(11)15/h2,4,6-8,13H,3,5,16H2,1H3. The van der Waals surface area contributed by atoms with Crippen LogP contribution in [0.1, 0.15) is 23.7 Å². The number of nitrogens with zero attached hydrogens (tertiary/aromatic N) is 2. The second-order valence-electron chi connectivity index (χ2n) is 4.26. The van der Waals surface area contributed by atoms with Crippen molar-refractivity contribution in [2.24, 2.45) is 12.8 Å². The molecule has 0 spiro atoms. The summed E-state index contributed by atoms with van der Waals surface area (Å²) in [5, 5.41) is 4.05. The summed E-state index contributed by atoms with van der Waals surface area (Å²) >= 11 is 0. The number of rotatable bonds is 4. The zero-order chi connectivity index (χ0) is 13.1. The molecular formula is C13H15F2N3. The molecule has 0 fully saturated rings. The average molecular weight is 251 g/mol. The molecule has 0 saturated heterocycles. The van der Waals surface area contributed by atoms with E-state index in [9.17, 15) is 8.78 Å². The first-order valence-corrected chi connectivity index (χ1v) is 5.75. The summed E-state index contributed by atoms with van der Waals surface area (Å²) < 4.78 is 28.0. The van der Waals surface area contributed by atoms with Crippen LogP contribution in [-0.4, -0.2) is 9.78 Å². The number of nitrogens with two attached hydrogens (primary N) is 1. The van der Waals surface area contributed by atoms with Crippen LogP contribution in [0.15, 0.2) is 30.5 Å². The molecule has 2 N–H and O–H groups in total. The van der Waals surface area contributed by atoms with Gasteiger partial charge in [-0.15, -0.1) is 0 Å². The summed E-state index contributed by atoms with van der Waals surface area (Å²) in [6, 6.07) is 4.94. The monoisotopic (exact) mass is 251 g/mol. The van der Waals surface area contributed by atoms with Gasteiger partial charge >= 0.3 is 0 Å². The Hall–Kier alpha value is -1.75. The van der Waals surface area contributed by atoms with Crippen LogP contribution < -0.4 is 5.73 Å². The third-order valence-electron chi connectivity index (χ3n) is 3.00. The lowest BCUT2D eigenvalue weighted by Crippen LogP contribution is -2.14. The molecular weight excluding hydrogens is 236 g/mol. The molecule has 1 atom stereocenters. The van der Waals surface area contributed by atoms with Crippen LogP contribution in [0, 0.1) is 11.6 Å². The zero-order valence-corrected chi connectivity index (χ0v) is 10.1. The molecule has 0 aliphatic carbocycles. The molecule has 0 saturated carbocycles. The van der Waals surface area contributed by atoms with Gasteiger partial charge in [0.05, 0.1) is 0 Å². The summed E-state index contributed by atoms with van der Waals surface area (Å²) in [5.74, 6) is -1.18. The van der Waals surface area contributed by atoms with Gasteiger partial charge in [-0.05, 0) is 25.0 Å². The highest BCUT2D eigenvalue weighted by atomic mass is 19.1. The van der Waals surface area contributed by atoms with E-state index in [0.29, 0.717) is 18.4 Å². The van der Waals surface area contributed by atoms with Gasteiger partial charge in [0.15, 0.2) is 0 Å². The fourth-order valence-corrected chi connectivity index (χ4v) is 1.91. The van der Waals surface area contributed by atoms with Gasteiger partial charge in [-0.2, -0.15) is 5.10 Å². The molecule has 0 aliphatic rings. The Labute approximate surface area is 104 Å². The molecule has 0 radical (unpaired) electrons. The molecule has 0 amide bonds. The normalized spacial score (nSPS) is 12.7. The quantitative estimate of drug-likeness (QED) is 0.906. The van der Waals surface area contributed by atoms with E-state index in [1.165, 1.54) is 12.1 Å². The van der Waals surface area contributed by atoms with Crippen LogP contribution >= 0.6 is 0 Å². The van der Waals surface area contributed by atoms with Crippen LogP contribution in [-0.2, 0) is 13.5 Å². The van der Waals surface area contributed by atoms with Crippen LogP contribution in [0.2, 0.25) is 0 Å². The van der Waals surface area contributed by atoms with Crippen LogP contribution in [0.3, 0.4) is 0 Å². The molecule has 0 aliphatic heterocycles. The minimum absolute atomic E-state index is 0.346. The molecule has 1 heterocycles. The van der Waals surface area contributed by atoms with E-state index in [1.807, 2.05) is 13.1 Å². The van der Waals surface area contributed by atoms with Gasteiger partial charge in [-0.3, -0.25) is 4.68 Å². The van der Waals surface area contributed by atoms with Crippen molar-refractivity contribution in [3.05, 3.63) is 53.4 Å². The highest BCUT2D eigenvalue weighted by molar-refractivity contribution is 5.22. The van der Waals surface area contributed by atoms with Gasteiger partial charge in [0.1, 0.15) is 11.6 Å². The molecule has 96 valence electrons. The molecule has 1 aromatic heterocycles. The number of aryl methyl sites for hydroxylation is 2.